The smallest absolute Gasteiger partial charge is 0.263 e. The molecule has 0 spiro atoms. The van der Waals surface area contributed by atoms with Crippen LogP contribution in [0.5, 0.6) is 17.2 Å². The molecule has 0 aliphatic carbocycles. The van der Waals surface area contributed by atoms with Gasteiger partial charge in [0.05, 0.1) is 23.2 Å². The summed E-state index contributed by atoms with van der Waals surface area (Å²) in [4.78, 5) is 8.43. The molecule has 31 heavy (non-hydrogen) atoms. The normalized spacial score (nSPS) is 11.8. The van der Waals surface area contributed by atoms with Gasteiger partial charge >= 0.3 is 0 Å². The zero-order valence-electron chi connectivity index (χ0n) is 17.9. The average Bonchev–Trinajstić information content (AvgIpc) is 2.70. The number of nitrogens with zero attached hydrogens (tertiary/aromatic N) is 2. The molecule has 0 aliphatic heterocycles. The fourth-order valence-electron chi connectivity index (χ4n) is 2.73. The first-order valence-corrected chi connectivity index (χ1v) is 11.3. The van der Waals surface area contributed by atoms with Crippen LogP contribution in [0.3, 0.4) is 0 Å². The van der Waals surface area contributed by atoms with E-state index in [1.54, 1.807) is 49.4 Å². The molecule has 0 aliphatic rings. The quantitative estimate of drug-likeness (QED) is 0.533. The maximum absolute atomic E-state index is 13.0. The molecule has 1 N–H and O–H groups in total. The predicted octanol–water partition coefficient (Wildman–Crippen LogP) is 5.34. The third-order valence-electron chi connectivity index (χ3n) is 4.50. The lowest BCUT2D eigenvalue weighted by Gasteiger charge is -2.19. The lowest BCUT2D eigenvalue weighted by atomic mass is 9.87. The van der Waals surface area contributed by atoms with Gasteiger partial charge < -0.3 is 9.47 Å². The van der Waals surface area contributed by atoms with E-state index in [9.17, 15) is 8.42 Å². The van der Waals surface area contributed by atoms with Crippen LogP contribution in [0, 0.1) is 6.92 Å². The largest absolute Gasteiger partial charge is 0.497 e. The Labute approximate surface area is 187 Å². The van der Waals surface area contributed by atoms with Crippen LogP contribution in [0.15, 0.2) is 53.6 Å². The van der Waals surface area contributed by atoms with E-state index in [-0.39, 0.29) is 27.6 Å². The van der Waals surface area contributed by atoms with Crippen molar-refractivity contribution in [3.63, 3.8) is 0 Å². The molecule has 3 rings (SSSR count). The molecule has 0 saturated heterocycles. The summed E-state index contributed by atoms with van der Waals surface area (Å²) in [6.45, 7) is 7.83. The van der Waals surface area contributed by atoms with Gasteiger partial charge in [0.1, 0.15) is 17.3 Å². The van der Waals surface area contributed by atoms with E-state index < -0.39 is 10.0 Å². The van der Waals surface area contributed by atoms with Gasteiger partial charge in [0, 0.05) is 6.07 Å². The first-order chi connectivity index (χ1) is 14.5. The molecule has 1 aromatic heterocycles. The van der Waals surface area contributed by atoms with Gasteiger partial charge in [-0.25, -0.2) is 18.4 Å². The Hall–Kier alpha value is -2.84. The van der Waals surface area contributed by atoms with Crippen LogP contribution >= 0.6 is 11.6 Å². The molecular weight excluding hydrogens is 438 g/mol. The van der Waals surface area contributed by atoms with Crippen LogP contribution in [-0.4, -0.2) is 25.5 Å². The van der Waals surface area contributed by atoms with Gasteiger partial charge in [0.15, 0.2) is 11.6 Å². The van der Waals surface area contributed by atoms with Crippen LogP contribution in [0.2, 0.25) is 5.02 Å². The van der Waals surface area contributed by atoms with Crippen molar-refractivity contribution in [2.45, 2.75) is 38.0 Å². The molecular formula is C22H24ClN3O4S. The molecule has 0 unspecified atom stereocenters. The standard InChI is InChI=1S/C22H24ClN3O4S/c1-14-24-13-20(30-19-12-16(29-5)8-11-18(19)23)21(25-14)26-31(27,28)17-9-6-15(7-10-17)22(2,3)4/h6-13H,1-5H3,(H,24,25,26). The van der Waals surface area contributed by atoms with E-state index in [0.717, 1.165) is 5.56 Å². The van der Waals surface area contributed by atoms with E-state index in [2.05, 4.69) is 35.5 Å². The molecule has 0 radical (unpaired) electrons. The number of rotatable bonds is 6. The van der Waals surface area contributed by atoms with E-state index in [1.165, 1.54) is 13.3 Å². The lowest BCUT2D eigenvalue weighted by Crippen LogP contribution is -2.16. The first-order valence-electron chi connectivity index (χ1n) is 9.48. The van der Waals surface area contributed by atoms with E-state index in [1.807, 2.05) is 0 Å². The number of methoxy groups -OCH3 is 1. The summed E-state index contributed by atoms with van der Waals surface area (Å²) in [5, 5.41) is 0.327. The molecule has 0 bridgehead atoms. The first kappa shape index (κ1) is 22.8. The highest BCUT2D eigenvalue weighted by molar-refractivity contribution is 7.92. The SMILES string of the molecule is COc1ccc(Cl)c(Oc2cnc(C)nc2NS(=O)(=O)c2ccc(C(C)(C)C)cc2)c1. The number of halogens is 1. The number of hydrogen-bond acceptors (Lipinski definition) is 6. The zero-order chi connectivity index (χ0) is 22.8. The van der Waals surface area contributed by atoms with Crippen molar-refractivity contribution >= 4 is 27.4 Å². The average molecular weight is 462 g/mol. The molecule has 0 atom stereocenters. The van der Waals surface area contributed by atoms with Crippen molar-refractivity contribution in [1.82, 2.24) is 9.97 Å². The molecule has 2 aromatic carbocycles. The Morgan fingerprint density at radius 1 is 1.03 bits per heavy atom. The van der Waals surface area contributed by atoms with Crippen molar-refractivity contribution in [2.24, 2.45) is 0 Å². The Balaban J connectivity index is 1.94. The van der Waals surface area contributed by atoms with Gasteiger partial charge in [-0.15, -0.1) is 0 Å². The van der Waals surface area contributed by atoms with Crippen LogP contribution in [0.25, 0.3) is 0 Å². The third kappa shape index (κ3) is 5.45. The molecule has 9 heteroatoms. The number of benzene rings is 2. The molecule has 0 fully saturated rings. The van der Waals surface area contributed by atoms with Crippen LogP contribution < -0.4 is 14.2 Å². The minimum absolute atomic E-state index is 0.00582. The van der Waals surface area contributed by atoms with Crippen LogP contribution in [0.4, 0.5) is 5.82 Å². The minimum atomic E-state index is -3.91. The van der Waals surface area contributed by atoms with Gasteiger partial charge in [-0.05, 0) is 42.2 Å². The lowest BCUT2D eigenvalue weighted by molar-refractivity contribution is 0.409. The Morgan fingerprint density at radius 2 is 1.71 bits per heavy atom. The van der Waals surface area contributed by atoms with Crippen molar-refractivity contribution in [1.29, 1.82) is 0 Å². The highest BCUT2D eigenvalue weighted by Gasteiger charge is 2.21. The number of nitrogens with one attached hydrogen (secondary N) is 1. The molecule has 3 aromatic rings. The summed E-state index contributed by atoms with van der Waals surface area (Å²) in [5.41, 5.74) is 0.942. The molecule has 7 nitrogen and oxygen atoms in total. The number of aromatic nitrogens is 2. The monoisotopic (exact) mass is 461 g/mol. The Bertz CT molecular complexity index is 1190. The van der Waals surface area contributed by atoms with Crippen molar-refractivity contribution in [2.75, 3.05) is 11.8 Å². The van der Waals surface area contributed by atoms with Crippen LogP contribution in [-0.2, 0) is 15.4 Å². The predicted molar refractivity (Wildman–Crippen MR) is 121 cm³/mol. The molecule has 164 valence electrons. The van der Waals surface area contributed by atoms with Crippen molar-refractivity contribution in [3.8, 4) is 17.2 Å². The zero-order valence-corrected chi connectivity index (χ0v) is 19.5. The number of aryl methyl sites for hydroxylation is 1. The number of anilines is 1. The Morgan fingerprint density at radius 3 is 2.32 bits per heavy atom. The third-order valence-corrected chi connectivity index (χ3v) is 6.16. The number of sulfonamides is 1. The number of ether oxygens (including phenoxy) is 2. The van der Waals surface area contributed by atoms with Crippen molar-refractivity contribution in [3.05, 3.63) is 65.1 Å². The van der Waals surface area contributed by atoms with E-state index in [4.69, 9.17) is 21.1 Å². The van der Waals surface area contributed by atoms with E-state index in [0.29, 0.717) is 16.6 Å². The summed E-state index contributed by atoms with van der Waals surface area (Å²) in [5.74, 6) is 1.31. The summed E-state index contributed by atoms with van der Waals surface area (Å²) >= 11 is 6.21. The van der Waals surface area contributed by atoms with Gasteiger partial charge in [-0.1, -0.05) is 44.5 Å². The minimum Gasteiger partial charge on any atom is -0.497 e. The highest BCUT2D eigenvalue weighted by atomic mass is 35.5. The molecule has 0 amide bonds. The maximum Gasteiger partial charge on any atom is 0.263 e. The fraction of sp³-hybridized carbons (Fsp3) is 0.273. The highest BCUT2D eigenvalue weighted by Crippen LogP contribution is 2.35. The Kier molecular flexibility index (Phi) is 6.43. The topological polar surface area (TPSA) is 90.4 Å². The fourth-order valence-corrected chi connectivity index (χ4v) is 3.90. The van der Waals surface area contributed by atoms with Gasteiger partial charge in [0.2, 0.25) is 0 Å². The van der Waals surface area contributed by atoms with Crippen LogP contribution in [0.1, 0.15) is 32.2 Å². The summed E-state index contributed by atoms with van der Waals surface area (Å²) in [7, 11) is -2.39. The molecule has 1 heterocycles. The molecule has 0 saturated carbocycles. The second-order valence-corrected chi connectivity index (χ2v) is 10.00. The second kappa shape index (κ2) is 8.72. The van der Waals surface area contributed by atoms with Gasteiger partial charge in [-0.2, -0.15) is 0 Å². The summed E-state index contributed by atoms with van der Waals surface area (Å²) in [6, 6.07) is 11.6. The maximum atomic E-state index is 13.0. The second-order valence-electron chi connectivity index (χ2n) is 7.91. The summed E-state index contributed by atoms with van der Waals surface area (Å²) in [6.07, 6.45) is 1.39. The van der Waals surface area contributed by atoms with E-state index >= 15 is 0 Å². The summed E-state index contributed by atoms with van der Waals surface area (Å²) < 4.78 is 39.4. The van der Waals surface area contributed by atoms with Crippen molar-refractivity contribution < 1.29 is 17.9 Å². The van der Waals surface area contributed by atoms with Gasteiger partial charge in [-0.3, -0.25) is 4.72 Å². The van der Waals surface area contributed by atoms with Gasteiger partial charge in [0.25, 0.3) is 10.0 Å². The number of hydrogen-bond donors (Lipinski definition) is 1.